The molecule has 1 fully saturated rings. The normalized spacial score (nSPS) is 18.1. The number of quaternary nitrogens is 1. The molecule has 0 saturated carbocycles. The highest BCUT2D eigenvalue weighted by Crippen LogP contribution is 2.19. The molecule has 0 spiro atoms. The summed E-state index contributed by atoms with van der Waals surface area (Å²) in [6.07, 6.45) is 1.62. The summed E-state index contributed by atoms with van der Waals surface area (Å²) in [6.45, 7) is 3.94. The zero-order valence-corrected chi connectivity index (χ0v) is 9.34. The highest BCUT2D eigenvalue weighted by molar-refractivity contribution is 6.32. The van der Waals surface area contributed by atoms with Crippen LogP contribution in [0, 0.1) is 0 Å². The van der Waals surface area contributed by atoms with Gasteiger partial charge in [0, 0.05) is 0 Å². The molecule has 0 radical (unpaired) electrons. The van der Waals surface area contributed by atoms with Gasteiger partial charge in [-0.05, 0) is 0 Å². The Morgan fingerprint density at radius 2 is 2.20 bits per heavy atom. The zero-order valence-electron chi connectivity index (χ0n) is 8.59. The molecule has 1 aliphatic heterocycles. The molecule has 1 saturated heterocycles. The Hall–Kier alpha value is -1.07. The summed E-state index contributed by atoms with van der Waals surface area (Å²) in [5.41, 5.74) is 0.424. The molecule has 1 aliphatic rings. The van der Waals surface area contributed by atoms with Crippen molar-refractivity contribution in [2.45, 2.75) is 0 Å². The molecule has 15 heavy (non-hydrogen) atoms. The highest BCUT2D eigenvalue weighted by atomic mass is 35.5. The molecule has 1 aromatic heterocycles. The average molecular weight is 230 g/mol. The maximum Gasteiger partial charge on any atom is 0.285 e. The van der Waals surface area contributed by atoms with E-state index in [1.807, 2.05) is 0 Å². The second-order valence-electron chi connectivity index (χ2n) is 3.84. The topological polar surface area (TPSA) is 53.4 Å². The lowest BCUT2D eigenvalue weighted by Crippen LogP contribution is -3.12. The molecule has 0 unspecified atom stereocenters. The first-order chi connectivity index (χ1) is 7.18. The lowest BCUT2D eigenvalue weighted by atomic mass is 10.3. The van der Waals surface area contributed by atoms with Crippen LogP contribution in [0.4, 0.5) is 5.69 Å². The lowest BCUT2D eigenvalue weighted by molar-refractivity contribution is -0.880. The van der Waals surface area contributed by atoms with Crippen molar-refractivity contribution in [1.29, 1.82) is 0 Å². The molecule has 0 aliphatic carbocycles. The molecular weight excluding hydrogens is 216 g/mol. The summed E-state index contributed by atoms with van der Waals surface area (Å²) in [5.74, 6) is 0. The van der Waals surface area contributed by atoms with E-state index >= 15 is 0 Å². The Bertz CT molecular complexity index is 397. The third-order valence-corrected chi connectivity index (χ3v) is 3.10. The number of halogens is 1. The van der Waals surface area contributed by atoms with Gasteiger partial charge in [0.05, 0.1) is 45.1 Å². The maximum absolute atomic E-state index is 11.3. The van der Waals surface area contributed by atoms with Gasteiger partial charge >= 0.3 is 0 Å². The summed E-state index contributed by atoms with van der Waals surface area (Å²) in [6, 6.07) is 0. The molecule has 1 aromatic rings. The number of hydrogen-bond donors (Lipinski definition) is 2. The standard InChI is InChI=1S/C9H13ClN4O/c1-13-2-4-14(5-3-13)7-6-11-12-9(15)8(7)10/h6H,2-5H2,1H3,(H,12,15)/p+1. The largest absolute Gasteiger partial charge is 0.358 e. The summed E-state index contributed by atoms with van der Waals surface area (Å²) < 4.78 is 0. The van der Waals surface area contributed by atoms with Crippen molar-refractivity contribution in [2.75, 3.05) is 38.1 Å². The first-order valence-corrected chi connectivity index (χ1v) is 5.35. The van der Waals surface area contributed by atoms with Crippen molar-refractivity contribution < 1.29 is 4.90 Å². The van der Waals surface area contributed by atoms with Crippen molar-refractivity contribution in [3.63, 3.8) is 0 Å². The van der Waals surface area contributed by atoms with E-state index in [1.54, 1.807) is 6.20 Å². The molecule has 0 amide bonds. The van der Waals surface area contributed by atoms with E-state index in [4.69, 9.17) is 11.6 Å². The molecular formula is C9H14ClN4O+. The minimum atomic E-state index is -0.319. The maximum atomic E-state index is 11.3. The number of nitrogens with one attached hydrogen (secondary N) is 2. The van der Waals surface area contributed by atoms with E-state index in [9.17, 15) is 4.79 Å². The minimum absolute atomic E-state index is 0.240. The van der Waals surface area contributed by atoms with Gasteiger partial charge in [0.1, 0.15) is 5.02 Å². The van der Waals surface area contributed by atoms with Crippen molar-refractivity contribution >= 4 is 17.3 Å². The third kappa shape index (κ3) is 2.13. The number of piperazine rings is 1. The van der Waals surface area contributed by atoms with Crippen LogP contribution in [0.15, 0.2) is 11.0 Å². The molecule has 2 rings (SSSR count). The quantitative estimate of drug-likeness (QED) is 0.634. The van der Waals surface area contributed by atoms with Crippen LogP contribution in [0.3, 0.4) is 0 Å². The summed E-state index contributed by atoms with van der Waals surface area (Å²) in [5, 5.41) is 6.33. The highest BCUT2D eigenvalue weighted by Gasteiger charge is 2.20. The number of nitrogens with zero attached hydrogens (tertiary/aromatic N) is 2. The fourth-order valence-electron chi connectivity index (χ4n) is 1.72. The Labute approximate surface area is 92.6 Å². The van der Waals surface area contributed by atoms with Crippen LogP contribution < -0.4 is 15.4 Å². The number of rotatable bonds is 1. The van der Waals surface area contributed by atoms with E-state index in [0.29, 0.717) is 0 Å². The number of aromatic amines is 1. The minimum Gasteiger partial charge on any atom is -0.358 e. The van der Waals surface area contributed by atoms with Crippen LogP contribution in [-0.4, -0.2) is 43.4 Å². The van der Waals surface area contributed by atoms with E-state index < -0.39 is 0 Å². The Morgan fingerprint density at radius 1 is 1.53 bits per heavy atom. The van der Waals surface area contributed by atoms with E-state index in [-0.39, 0.29) is 10.6 Å². The van der Waals surface area contributed by atoms with Crippen LogP contribution in [0.2, 0.25) is 5.02 Å². The number of anilines is 1. The molecule has 2 N–H and O–H groups in total. The SMILES string of the molecule is C[NH+]1CCN(c2cn[nH]c(=O)c2Cl)CC1. The van der Waals surface area contributed by atoms with Gasteiger partial charge in [-0.15, -0.1) is 0 Å². The van der Waals surface area contributed by atoms with Crippen LogP contribution in [0.1, 0.15) is 0 Å². The molecule has 0 aromatic carbocycles. The van der Waals surface area contributed by atoms with Crippen LogP contribution in [-0.2, 0) is 0 Å². The van der Waals surface area contributed by atoms with Crippen LogP contribution in [0.5, 0.6) is 0 Å². The number of hydrogen-bond acceptors (Lipinski definition) is 3. The van der Waals surface area contributed by atoms with E-state index in [0.717, 1.165) is 31.9 Å². The molecule has 5 nitrogen and oxygen atoms in total. The molecule has 82 valence electrons. The van der Waals surface area contributed by atoms with Crippen LogP contribution in [0.25, 0.3) is 0 Å². The van der Waals surface area contributed by atoms with Crippen molar-refractivity contribution in [2.24, 2.45) is 0 Å². The number of aromatic nitrogens is 2. The Morgan fingerprint density at radius 3 is 2.87 bits per heavy atom. The average Bonchev–Trinajstić information content (AvgIpc) is 2.24. The van der Waals surface area contributed by atoms with Gasteiger partial charge in [-0.3, -0.25) is 4.79 Å². The predicted molar refractivity (Wildman–Crippen MR) is 58.7 cm³/mol. The van der Waals surface area contributed by atoms with Gasteiger partial charge in [0.25, 0.3) is 5.56 Å². The van der Waals surface area contributed by atoms with Gasteiger partial charge < -0.3 is 9.80 Å². The van der Waals surface area contributed by atoms with Gasteiger partial charge in [-0.2, -0.15) is 5.10 Å². The second kappa shape index (κ2) is 4.20. The van der Waals surface area contributed by atoms with Crippen LogP contribution >= 0.6 is 11.6 Å². The van der Waals surface area contributed by atoms with Gasteiger partial charge in [0.2, 0.25) is 0 Å². The Balaban J connectivity index is 2.23. The van der Waals surface area contributed by atoms with Crippen molar-refractivity contribution in [3.8, 4) is 0 Å². The van der Waals surface area contributed by atoms with E-state index in [1.165, 1.54) is 4.90 Å². The first kappa shape index (κ1) is 10.4. The predicted octanol–water partition coefficient (Wildman–Crippen LogP) is -1.24. The first-order valence-electron chi connectivity index (χ1n) is 4.98. The molecule has 0 atom stereocenters. The molecule has 0 bridgehead atoms. The van der Waals surface area contributed by atoms with E-state index in [2.05, 4.69) is 22.1 Å². The van der Waals surface area contributed by atoms with Crippen molar-refractivity contribution in [1.82, 2.24) is 10.2 Å². The summed E-state index contributed by atoms with van der Waals surface area (Å²) in [4.78, 5) is 14.9. The van der Waals surface area contributed by atoms with Gasteiger partial charge in [-0.25, -0.2) is 5.10 Å². The second-order valence-corrected chi connectivity index (χ2v) is 4.22. The fraction of sp³-hybridized carbons (Fsp3) is 0.556. The fourth-order valence-corrected chi connectivity index (χ4v) is 1.93. The number of H-pyrrole nitrogens is 1. The molecule has 2 heterocycles. The lowest BCUT2D eigenvalue weighted by Gasteiger charge is -2.31. The molecule has 6 heteroatoms. The van der Waals surface area contributed by atoms with Gasteiger partial charge in [-0.1, -0.05) is 11.6 Å². The monoisotopic (exact) mass is 229 g/mol. The third-order valence-electron chi connectivity index (χ3n) is 2.73. The summed E-state index contributed by atoms with van der Waals surface area (Å²) >= 11 is 5.93. The smallest absolute Gasteiger partial charge is 0.285 e. The van der Waals surface area contributed by atoms with Crippen molar-refractivity contribution in [3.05, 3.63) is 21.6 Å². The zero-order chi connectivity index (χ0) is 10.8. The Kier molecular flexibility index (Phi) is 2.93. The van der Waals surface area contributed by atoms with Gasteiger partial charge in [0.15, 0.2) is 0 Å². The summed E-state index contributed by atoms with van der Waals surface area (Å²) in [7, 11) is 2.16. The number of likely N-dealkylation sites (N-methyl/N-ethyl adjacent to an activating group) is 1.